The summed E-state index contributed by atoms with van der Waals surface area (Å²) >= 11 is 3.45. The first-order valence-corrected chi connectivity index (χ1v) is 6.24. The number of halogens is 1. The number of rotatable bonds is 2. The second-order valence-electron chi connectivity index (χ2n) is 4.37. The summed E-state index contributed by atoms with van der Waals surface area (Å²) in [6.45, 7) is 2.87. The molecule has 0 spiro atoms. The number of carbonyl (C=O) groups is 1. The van der Waals surface area contributed by atoms with E-state index in [0.717, 1.165) is 10.2 Å². The third-order valence-electron chi connectivity index (χ3n) is 2.91. The number of carbonyl (C=O) groups excluding carboxylic acids is 1. The van der Waals surface area contributed by atoms with E-state index in [0.29, 0.717) is 13.1 Å². The fourth-order valence-corrected chi connectivity index (χ4v) is 2.29. The monoisotopic (exact) mass is 298 g/mol. The van der Waals surface area contributed by atoms with Crippen LogP contribution in [-0.4, -0.2) is 31.2 Å². The van der Waals surface area contributed by atoms with Gasteiger partial charge in [-0.25, -0.2) is 0 Å². The molecule has 1 aromatic rings. The number of morpholine rings is 1. The molecule has 1 aliphatic rings. The van der Waals surface area contributed by atoms with Gasteiger partial charge in [0.2, 0.25) is 0 Å². The predicted molar refractivity (Wildman–Crippen MR) is 69.9 cm³/mol. The summed E-state index contributed by atoms with van der Waals surface area (Å²) in [5, 5.41) is 0. The highest BCUT2D eigenvalue weighted by Crippen LogP contribution is 2.29. The molecule has 0 bridgehead atoms. The number of hydrogen-bond acceptors (Lipinski definition) is 3. The quantitative estimate of drug-likeness (QED) is 0.901. The Morgan fingerprint density at radius 3 is 2.88 bits per heavy atom. The zero-order chi connectivity index (χ0) is 12.5. The minimum absolute atomic E-state index is 0.0391. The molecule has 1 aliphatic heterocycles. The van der Waals surface area contributed by atoms with E-state index in [1.54, 1.807) is 4.90 Å². The summed E-state index contributed by atoms with van der Waals surface area (Å²) < 4.78 is 6.38. The molecule has 2 rings (SSSR count). The van der Waals surface area contributed by atoms with E-state index in [-0.39, 0.29) is 12.5 Å². The number of nitrogens with two attached hydrogens (primary N) is 1. The van der Waals surface area contributed by atoms with Gasteiger partial charge in [0.25, 0.3) is 5.91 Å². The Hall–Kier alpha value is -0.910. The molecule has 0 radical (unpaired) electrons. The van der Waals surface area contributed by atoms with Crippen molar-refractivity contribution in [2.45, 2.75) is 12.5 Å². The number of hydrogen-bond donors (Lipinski definition) is 1. The van der Waals surface area contributed by atoms with Crippen molar-refractivity contribution in [2.24, 2.45) is 5.73 Å². The topological polar surface area (TPSA) is 55.6 Å². The molecule has 1 heterocycles. The number of anilines is 1. The second-order valence-corrected chi connectivity index (χ2v) is 5.23. The van der Waals surface area contributed by atoms with Crippen LogP contribution in [0.4, 0.5) is 5.69 Å². The normalized spacial score (nSPS) is 25.1. The Morgan fingerprint density at radius 2 is 2.24 bits per heavy atom. The Labute approximate surface area is 109 Å². The SMILES string of the molecule is CC1(CN)CN(c2ccccc2Br)C(=O)CO1. The fraction of sp³-hybridized carbons (Fsp3) is 0.417. The van der Waals surface area contributed by atoms with E-state index < -0.39 is 5.60 Å². The van der Waals surface area contributed by atoms with E-state index in [9.17, 15) is 4.79 Å². The van der Waals surface area contributed by atoms with Gasteiger partial charge >= 0.3 is 0 Å². The standard InChI is InChI=1S/C12H15BrN2O2/c1-12(7-14)8-15(11(16)6-17-12)10-5-3-2-4-9(10)13/h2-5H,6-8,14H2,1H3. The lowest BCUT2D eigenvalue weighted by Crippen LogP contribution is -2.56. The van der Waals surface area contributed by atoms with E-state index in [1.165, 1.54) is 0 Å². The van der Waals surface area contributed by atoms with Gasteiger partial charge < -0.3 is 15.4 Å². The Bertz CT molecular complexity index is 438. The third-order valence-corrected chi connectivity index (χ3v) is 3.58. The lowest BCUT2D eigenvalue weighted by atomic mass is 10.0. The van der Waals surface area contributed by atoms with Crippen LogP contribution < -0.4 is 10.6 Å². The highest BCUT2D eigenvalue weighted by Gasteiger charge is 2.36. The van der Waals surface area contributed by atoms with Crippen molar-refractivity contribution in [3.05, 3.63) is 28.7 Å². The number of amides is 1. The van der Waals surface area contributed by atoms with Gasteiger partial charge in [0.05, 0.1) is 17.8 Å². The first kappa shape index (κ1) is 12.5. The first-order chi connectivity index (χ1) is 8.06. The summed E-state index contributed by atoms with van der Waals surface area (Å²) in [4.78, 5) is 13.6. The average Bonchev–Trinajstić information content (AvgIpc) is 2.34. The van der Waals surface area contributed by atoms with Crippen LogP contribution in [0.2, 0.25) is 0 Å². The van der Waals surface area contributed by atoms with E-state index >= 15 is 0 Å². The molecule has 17 heavy (non-hydrogen) atoms. The predicted octanol–water partition coefficient (Wildman–Crippen LogP) is 1.53. The van der Waals surface area contributed by atoms with E-state index in [1.807, 2.05) is 31.2 Å². The zero-order valence-electron chi connectivity index (χ0n) is 9.65. The van der Waals surface area contributed by atoms with Gasteiger partial charge in [-0.05, 0) is 35.0 Å². The molecule has 92 valence electrons. The minimum Gasteiger partial charge on any atom is -0.362 e. The molecule has 1 atom stereocenters. The summed E-state index contributed by atoms with van der Waals surface area (Å²) in [7, 11) is 0. The lowest BCUT2D eigenvalue weighted by molar-refractivity contribution is -0.135. The minimum atomic E-state index is -0.469. The number of ether oxygens (including phenoxy) is 1. The third kappa shape index (κ3) is 2.51. The van der Waals surface area contributed by atoms with Gasteiger partial charge in [-0.1, -0.05) is 12.1 Å². The van der Waals surface area contributed by atoms with Gasteiger partial charge in [0.1, 0.15) is 6.61 Å². The maximum absolute atomic E-state index is 11.9. The van der Waals surface area contributed by atoms with E-state index in [4.69, 9.17) is 10.5 Å². The van der Waals surface area contributed by atoms with Crippen LogP contribution >= 0.6 is 15.9 Å². The van der Waals surface area contributed by atoms with Gasteiger partial charge in [0.15, 0.2) is 0 Å². The van der Waals surface area contributed by atoms with Crippen LogP contribution in [0.3, 0.4) is 0 Å². The Balaban J connectivity index is 2.30. The van der Waals surface area contributed by atoms with Crippen LogP contribution in [0.5, 0.6) is 0 Å². The summed E-state index contributed by atoms with van der Waals surface area (Å²) in [6.07, 6.45) is 0. The van der Waals surface area contributed by atoms with Crippen molar-refractivity contribution in [1.82, 2.24) is 0 Å². The molecule has 1 fully saturated rings. The highest BCUT2D eigenvalue weighted by atomic mass is 79.9. The molecule has 1 aromatic carbocycles. The summed E-state index contributed by atoms with van der Waals surface area (Å²) in [6, 6.07) is 7.64. The molecular weight excluding hydrogens is 284 g/mol. The molecule has 5 heteroatoms. The number of nitrogens with zero attached hydrogens (tertiary/aromatic N) is 1. The van der Waals surface area contributed by atoms with Crippen molar-refractivity contribution >= 4 is 27.5 Å². The maximum atomic E-state index is 11.9. The molecule has 1 saturated heterocycles. The van der Waals surface area contributed by atoms with E-state index in [2.05, 4.69) is 15.9 Å². The van der Waals surface area contributed by atoms with Crippen molar-refractivity contribution in [3.63, 3.8) is 0 Å². The Kier molecular flexibility index (Phi) is 3.51. The molecule has 1 amide bonds. The number of para-hydroxylation sites is 1. The first-order valence-electron chi connectivity index (χ1n) is 5.45. The van der Waals surface area contributed by atoms with Gasteiger partial charge in [-0.2, -0.15) is 0 Å². The second kappa shape index (κ2) is 4.76. The van der Waals surface area contributed by atoms with Crippen molar-refractivity contribution in [1.29, 1.82) is 0 Å². The zero-order valence-corrected chi connectivity index (χ0v) is 11.2. The lowest BCUT2D eigenvalue weighted by Gasteiger charge is -2.39. The van der Waals surface area contributed by atoms with Crippen LogP contribution in [-0.2, 0) is 9.53 Å². The average molecular weight is 299 g/mol. The smallest absolute Gasteiger partial charge is 0.253 e. The highest BCUT2D eigenvalue weighted by molar-refractivity contribution is 9.10. The van der Waals surface area contributed by atoms with Crippen LogP contribution in [0.15, 0.2) is 28.7 Å². The molecule has 0 aliphatic carbocycles. The van der Waals surface area contributed by atoms with Crippen LogP contribution in [0.25, 0.3) is 0 Å². The maximum Gasteiger partial charge on any atom is 0.253 e. The molecule has 2 N–H and O–H groups in total. The van der Waals surface area contributed by atoms with Crippen molar-refractivity contribution in [2.75, 3.05) is 24.6 Å². The molecule has 0 saturated carbocycles. The van der Waals surface area contributed by atoms with Crippen LogP contribution in [0, 0.1) is 0 Å². The van der Waals surface area contributed by atoms with Crippen molar-refractivity contribution < 1.29 is 9.53 Å². The molecule has 4 nitrogen and oxygen atoms in total. The largest absolute Gasteiger partial charge is 0.362 e. The summed E-state index contributed by atoms with van der Waals surface area (Å²) in [5.74, 6) is -0.0391. The Morgan fingerprint density at radius 1 is 1.53 bits per heavy atom. The number of benzene rings is 1. The molecular formula is C12H15BrN2O2. The summed E-state index contributed by atoms with van der Waals surface area (Å²) in [5.41, 5.74) is 6.08. The van der Waals surface area contributed by atoms with Gasteiger partial charge in [0, 0.05) is 11.0 Å². The van der Waals surface area contributed by atoms with Gasteiger partial charge in [-0.15, -0.1) is 0 Å². The molecule has 0 aromatic heterocycles. The fourth-order valence-electron chi connectivity index (χ4n) is 1.80. The van der Waals surface area contributed by atoms with Crippen LogP contribution in [0.1, 0.15) is 6.92 Å². The van der Waals surface area contributed by atoms with Crippen molar-refractivity contribution in [3.8, 4) is 0 Å². The molecule has 1 unspecified atom stereocenters. The van der Waals surface area contributed by atoms with Gasteiger partial charge in [-0.3, -0.25) is 4.79 Å².